The Labute approximate surface area is 111 Å². The second kappa shape index (κ2) is 8.91. The fourth-order valence-corrected chi connectivity index (χ4v) is 1.50. The van der Waals surface area contributed by atoms with Crippen LogP contribution in [0.25, 0.3) is 0 Å². The van der Waals surface area contributed by atoms with Gasteiger partial charge >= 0.3 is 17.9 Å². The van der Waals surface area contributed by atoms with E-state index in [1.54, 1.807) is 6.92 Å². The number of aliphatic carboxylic acids is 1. The number of esters is 2. The fourth-order valence-electron chi connectivity index (χ4n) is 1.50. The van der Waals surface area contributed by atoms with E-state index in [-0.39, 0.29) is 13.0 Å². The van der Waals surface area contributed by atoms with Crippen molar-refractivity contribution in [2.24, 2.45) is 11.8 Å². The third kappa shape index (κ3) is 6.40. The van der Waals surface area contributed by atoms with Crippen molar-refractivity contribution < 1.29 is 29.0 Å². The molecule has 6 heteroatoms. The van der Waals surface area contributed by atoms with E-state index in [1.165, 1.54) is 19.3 Å². The molecule has 0 aromatic carbocycles. The third-order valence-electron chi connectivity index (χ3n) is 2.39. The van der Waals surface area contributed by atoms with Crippen LogP contribution in [0.2, 0.25) is 0 Å². The molecule has 0 spiro atoms. The van der Waals surface area contributed by atoms with E-state index in [1.807, 2.05) is 0 Å². The maximum atomic E-state index is 11.6. The largest absolute Gasteiger partial charge is 0.478 e. The molecule has 0 aromatic rings. The molecule has 0 heterocycles. The quantitative estimate of drug-likeness (QED) is 0.404. The van der Waals surface area contributed by atoms with Gasteiger partial charge in [0.05, 0.1) is 26.1 Å². The molecule has 6 nitrogen and oxygen atoms in total. The van der Waals surface area contributed by atoms with Crippen LogP contribution in [0, 0.1) is 11.8 Å². The van der Waals surface area contributed by atoms with Crippen LogP contribution in [0.4, 0.5) is 0 Å². The number of hydrogen-bond acceptors (Lipinski definition) is 5. The van der Waals surface area contributed by atoms with Crippen molar-refractivity contribution in [2.45, 2.75) is 13.3 Å². The summed E-state index contributed by atoms with van der Waals surface area (Å²) in [6.45, 7) is 5.38. The van der Waals surface area contributed by atoms with Crippen molar-refractivity contribution in [3.63, 3.8) is 0 Å². The Balaban J connectivity index is 4.98. The monoisotopic (exact) mass is 270 g/mol. The van der Waals surface area contributed by atoms with E-state index in [9.17, 15) is 14.4 Å². The maximum absolute atomic E-state index is 11.6. The Morgan fingerprint density at radius 2 is 2.00 bits per heavy atom. The Bertz CT molecular complexity index is 371. The number of allylic oxidation sites excluding steroid dienone is 2. The minimum atomic E-state index is -1.15. The zero-order valence-corrected chi connectivity index (χ0v) is 11.0. The number of carboxylic acids is 1. The van der Waals surface area contributed by atoms with Gasteiger partial charge in [0.25, 0.3) is 0 Å². The molecule has 1 N–H and O–H groups in total. The van der Waals surface area contributed by atoms with Gasteiger partial charge in [-0.05, 0) is 6.92 Å². The summed E-state index contributed by atoms with van der Waals surface area (Å²) in [5.74, 6) is -3.78. The Morgan fingerprint density at radius 1 is 1.37 bits per heavy atom. The average Bonchev–Trinajstić information content (AvgIpc) is 2.37. The number of methoxy groups -OCH3 is 1. The second-order valence-corrected chi connectivity index (χ2v) is 3.65. The van der Waals surface area contributed by atoms with Crippen molar-refractivity contribution in [3.8, 4) is 0 Å². The first-order chi connectivity index (χ1) is 8.96. The lowest BCUT2D eigenvalue weighted by Crippen LogP contribution is -2.26. The highest BCUT2D eigenvalue weighted by atomic mass is 16.5. The van der Waals surface area contributed by atoms with Crippen LogP contribution in [0.5, 0.6) is 0 Å². The smallest absolute Gasteiger partial charge is 0.327 e. The average molecular weight is 270 g/mol. The van der Waals surface area contributed by atoms with Gasteiger partial charge in [0, 0.05) is 12.0 Å². The summed E-state index contributed by atoms with van der Waals surface area (Å²) in [5.41, 5.74) is 0. The lowest BCUT2D eigenvalue weighted by molar-refractivity contribution is -0.154. The first-order valence-corrected chi connectivity index (χ1v) is 5.73. The molecule has 0 saturated carbocycles. The molecule has 0 bridgehead atoms. The number of rotatable bonds is 8. The molecule has 0 aliphatic carbocycles. The molecule has 19 heavy (non-hydrogen) atoms. The van der Waals surface area contributed by atoms with Crippen LogP contribution >= 0.6 is 0 Å². The van der Waals surface area contributed by atoms with Crippen LogP contribution in [-0.2, 0) is 23.9 Å². The van der Waals surface area contributed by atoms with Gasteiger partial charge in [-0.25, -0.2) is 4.79 Å². The van der Waals surface area contributed by atoms with E-state index in [0.29, 0.717) is 0 Å². The molecule has 0 aliphatic rings. The summed E-state index contributed by atoms with van der Waals surface area (Å²) < 4.78 is 9.37. The van der Waals surface area contributed by atoms with Crippen molar-refractivity contribution in [1.82, 2.24) is 0 Å². The number of carbonyl (C=O) groups is 3. The zero-order valence-electron chi connectivity index (χ0n) is 11.0. The van der Waals surface area contributed by atoms with Gasteiger partial charge in [0.1, 0.15) is 0 Å². The van der Waals surface area contributed by atoms with E-state index in [4.69, 9.17) is 9.84 Å². The molecular weight excluding hydrogens is 252 g/mol. The van der Waals surface area contributed by atoms with E-state index in [2.05, 4.69) is 11.3 Å². The van der Waals surface area contributed by atoms with Crippen molar-refractivity contribution >= 4 is 17.9 Å². The highest BCUT2D eigenvalue weighted by molar-refractivity contribution is 5.82. The predicted molar refractivity (Wildman–Crippen MR) is 67.2 cm³/mol. The van der Waals surface area contributed by atoms with Gasteiger partial charge in [-0.3, -0.25) is 9.59 Å². The van der Waals surface area contributed by atoms with Crippen molar-refractivity contribution in [1.29, 1.82) is 0 Å². The lowest BCUT2D eigenvalue weighted by Gasteiger charge is -2.18. The Kier molecular flexibility index (Phi) is 7.92. The zero-order chi connectivity index (χ0) is 14.8. The van der Waals surface area contributed by atoms with Crippen LogP contribution < -0.4 is 0 Å². The van der Waals surface area contributed by atoms with Gasteiger partial charge < -0.3 is 14.6 Å². The molecule has 106 valence electrons. The van der Waals surface area contributed by atoms with E-state index >= 15 is 0 Å². The standard InChI is InChI=1S/C13H18O6/c1-4-9(6-7-11(14)15)10(13(17)18-3)8-12(16)19-5-2/h4,6-7,9-10H,1,5,8H2,2-3H3,(H,14,15)/b7-6+. The molecular formula is C13H18O6. The molecule has 0 rings (SSSR count). The van der Waals surface area contributed by atoms with E-state index in [0.717, 1.165) is 6.08 Å². The molecule has 0 saturated heterocycles. The number of carbonyl (C=O) groups excluding carboxylic acids is 2. The van der Waals surface area contributed by atoms with Crippen molar-refractivity contribution in [3.05, 3.63) is 24.8 Å². The molecule has 2 atom stereocenters. The van der Waals surface area contributed by atoms with Gasteiger partial charge in [-0.15, -0.1) is 6.58 Å². The first-order valence-electron chi connectivity index (χ1n) is 5.73. The predicted octanol–water partition coefficient (Wildman–Crippen LogP) is 1.17. The van der Waals surface area contributed by atoms with Crippen LogP contribution in [0.15, 0.2) is 24.8 Å². The number of hydrogen-bond donors (Lipinski definition) is 1. The maximum Gasteiger partial charge on any atom is 0.327 e. The normalized spacial score (nSPS) is 13.6. The van der Waals surface area contributed by atoms with E-state index < -0.39 is 29.7 Å². The summed E-state index contributed by atoms with van der Waals surface area (Å²) in [6, 6.07) is 0. The van der Waals surface area contributed by atoms with Crippen LogP contribution in [-0.4, -0.2) is 36.7 Å². The molecule has 0 aliphatic heterocycles. The second-order valence-electron chi connectivity index (χ2n) is 3.65. The summed E-state index contributed by atoms with van der Waals surface area (Å²) in [4.78, 5) is 33.5. The molecule has 0 fully saturated rings. The van der Waals surface area contributed by atoms with Crippen molar-refractivity contribution in [2.75, 3.05) is 13.7 Å². The van der Waals surface area contributed by atoms with Crippen LogP contribution in [0.3, 0.4) is 0 Å². The third-order valence-corrected chi connectivity index (χ3v) is 2.39. The topological polar surface area (TPSA) is 89.9 Å². The summed E-state index contributed by atoms with van der Waals surface area (Å²) in [5, 5.41) is 8.57. The number of ether oxygens (including phenoxy) is 2. The molecule has 2 unspecified atom stereocenters. The Hall–Kier alpha value is -2.11. The minimum absolute atomic E-state index is 0.193. The SMILES string of the molecule is C=CC(/C=C/C(=O)O)C(CC(=O)OCC)C(=O)OC. The van der Waals surface area contributed by atoms with Gasteiger partial charge in [0.15, 0.2) is 0 Å². The minimum Gasteiger partial charge on any atom is -0.478 e. The first kappa shape index (κ1) is 16.9. The van der Waals surface area contributed by atoms with Gasteiger partial charge in [-0.2, -0.15) is 0 Å². The Morgan fingerprint density at radius 3 is 2.42 bits per heavy atom. The summed E-state index contributed by atoms with van der Waals surface area (Å²) >= 11 is 0. The summed E-state index contributed by atoms with van der Waals surface area (Å²) in [6.07, 6.45) is 3.38. The fraction of sp³-hybridized carbons (Fsp3) is 0.462. The molecule has 0 aromatic heterocycles. The van der Waals surface area contributed by atoms with Gasteiger partial charge in [0.2, 0.25) is 0 Å². The number of carboxylic acid groups (broad SMARTS) is 1. The highest BCUT2D eigenvalue weighted by Gasteiger charge is 2.29. The molecule has 0 amide bonds. The summed E-state index contributed by atoms with van der Waals surface area (Å²) in [7, 11) is 1.20. The van der Waals surface area contributed by atoms with Gasteiger partial charge in [-0.1, -0.05) is 12.2 Å². The lowest BCUT2D eigenvalue weighted by atomic mass is 9.89. The van der Waals surface area contributed by atoms with Crippen LogP contribution in [0.1, 0.15) is 13.3 Å². The molecule has 0 radical (unpaired) electrons. The highest BCUT2D eigenvalue weighted by Crippen LogP contribution is 2.21.